The van der Waals surface area contributed by atoms with Crippen molar-refractivity contribution in [3.05, 3.63) is 90.5 Å². The zero-order valence-corrected chi connectivity index (χ0v) is 22.9. The summed E-state index contributed by atoms with van der Waals surface area (Å²) in [7, 11) is -0.966. The van der Waals surface area contributed by atoms with E-state index in [1.807, 2.05) is 36.4 Å². The van der Waals surface area contributed by atoms with E-state index in [4.69, 9.17) is 13.9 Å². The Balaban J connectivity index is 1.50. The van der Waals surface area contributed by atoms with E-state index in [2.05, 4.69) is 76.2 Å². The molecule has 0 bridgehead atoms. The van der Waals surface area contributed by atoms with E-state index in [-0.39, 0.29) is 23.3 Å². The second-order valence-electron chi connectivity index (χ2n) is 10.4. The summed E-state index contributed by atoms with van der Waals surface area (Å²) in [6, 6.07) is 29.0. The first-order valence-corrected chi connectivity index (χ1v) is 14.5. The monoisotopic (exact) mass is 503 g/mol. The van der Waals surface area contributed by atoms with Crippen LogP contribution in [-0.2, 0) is 15.7 Å². The van der Waals surface area contributed by atoms with Crippen LogP contribution in [0, 0.1) is 0 Å². The van der Waals surface area contributed by atoms with Crippen molar-refractivity contribution in [2.24, 2.45) is 0 Å². The molecule has 1 fully saturated rings. The lowest BCUT2D eigenvalue weighted by molar-refractivity contribution is 0.113. The molecule has 0 aliphatic carbocycles. The van der Waals surface area contributed by atoms with Crippen LogP contribution in [0.5, 0.6) is 5.75 Å². The number of carbonyl (C=O) groups excluding carboxylic acids is 1. The van der Waals surface area contributed by atoms with Gasteiger partial charge in [-0.3, -0.25) is 4.90 Å². The number of hydrogen-bond acceptors (Lipinski definition) is 4. The standard InChI is InChI=1S/C30H37NO4Si/c1-23-28(35-29(32)31(23)22-24-16-18-25(33-5)19-17-24)20-21-34-36(30(2,3)4,26-12-8-6-9-13-26)27-14-10-7-11-15-27/h6-19,23,28H,20-22H2,1-5H3. The van der Waals surface area contributed by atoms with Gasteiger partial charge in [0, 0.05) is 19.6 Å². The van der Waals surface area contributed by atoms with Gasteiger partial charge in [-0.05, 0) is 40.0 Å². The van der Waals surface area contributed by atoms with Crippen molar-refractivity contribution in [2.75, 3.05) is 13.7 Å². The molecule has 0 radical (unpaired) electrons. The molecule has 1 aliphatic rings. The van der Waals surface area contributed by atoms with Gasteiger partial charge in [0.1, 0.15) is 11.9 Å². The van der Waals surface area contributed by atoms with Crippen LogP contribution in [0.25, 0.3) is 0 Å². The molecule has 5 nitrogen and oxygen atoms in total. The Labute approximate surface area is 216 Å². The lowest BCUT2D eigenvalue weighted by atomic mass is 10.1. The number of cyclic esters (lactones) is 1. The summed E-state index contributed by atoms with van der Waals surface area (Å²) >= 11 is 0. The van der Waals surface area contributed by atoms with Gasteiger partial charge in [0.15, 0.2) is 0 Å². The minimum absolute atomic E-state index is 0.0395. The predicted molar refractivity (Wildman–Crippen MR) is 146 cm³/mol. The highest BCUT2D eigenvalue weighted by atomic mass is 28.4. The van der Waals surface area contributed by atoms with E-state index < -0.39 is 8.32 Å². The molecule has 4 rings (SSSR count). The van der Waals surface area contributed by atoms with Crippen molar-refractivity contribution in [3.8, 4) is 5.75 Å². The zero-order valence-electron chi connectivity index (χ0n) is 21.9. The third kappa shape index (κ3) is 5.20. The molecule has 1 amide bonds. The molecule has 36 heavy (non-hydrogen) atoms. The number of methoxy groups -OCH3 is 1. The highest BCUT2D eigenvalue weighted by Crippen LogP contribution is 2.37. The maximum absolute atomic E-state index is 12.7. The summed E-state index contributed by atoms with van der Waals surface area (Å²) in [6.07, 6.45) is 0.166. The van der Waals surface area contributed by atoms with Gasteiger partial charge < -0.3 is 13.9 Å². The molecular weight excluding hydrogens is 466 g/mol. The maximum atomic E-state index is 12.7. The quantitative estimate of drug-likeness (QED) is 0.368. The Hall–Kier alpha value is -3.09. The van der Waals surface area contributed by atoms with Crippen molar-refractivity contribution >= 4 is 24.8 Å². The second kappa shape index (κ2) is 10.9. The Kier molecular flexibility index (Phi) is 7.86. The van der Waals surface area contributed by atoms with Crippen LogP contribution in [0.2, 0.25) is 5.04 Å². The van der Waals surface area contributed by atoms with Gasteiger partial charge in [-0.2, -0.15) is 0 Å². The van der Waals surface area contributed by atoms with E-state index in [0.29, 0.717) is 19.6 Å². The number of ether oxygens (including phenoxy) is 2. The molecular formula is C30H37NO4Si. The first kappa shape index (κ1) is 26.0. The molecule has 0 N–H and O–H groups in total. The van der Waals surface area contributed by atoms with Crippen LogP contribution in [0.15, 0.2) is 84.9 Å². The van der Waals surface area contributed by atoms with Gasteiger partial charge in [-0.1, -0.05) is 93.6 Å². The first-order valence-electron chi connectivity index (χ1n) is 12.6. The largest absolute Gasteiger partial charge is 0.497 e. The summed E-state index contributed by atoms with van der Waals surface area (Å²) in [4.78, 5) is 14.5. The predicted octanol–water partition coefficient (Wildman–Crippen LogP) is 5.37. The van der Waals surface area contributed by atoms with Crippen molar-refractivity contribution < 1.29 is 18.7 Å². The molecule has 1 aliphatic heterocycles. The summed E-state index contributed by atoms with van der Waals surface area (Å²) in [5.41, 5.74) is 1.05. The number of carbonyl (C=O) groups is 1. The minimum Gasteiger partial charge on any atom is -0.497 e. The molecule has 2 atom stereocenters. The third-order valence-corrected chi connectivity index (χ3v) is 12.2. The third-order valence-electron chi connectivity index (χ3n) is 7.17. The van der Waals surface area contributed by atoms with Crippen LogP contribution in [0.4, 0.5) is 4.79 Å². The highest BCUT2D eigenvalue weighted by Gasteiger charge is 2.50. The van der Waals surface area contributed by atoms with Gasteiger partial charge in [-0.25, -0.2) is 4.79 Å². The summed E-state index contributed by atoms with van der Waals surface area (Å²) in [5, 5.41) is 2.41. The molecule has 3 aromatic rings. The number of rotatable bonds is 9. The average molecular weight is 504 g/mol. The molecule has 3 aromatic carbocycles. The normalized spacial score (nSPS) is 18.2. The van der Waals surface area contributed by atoms with Gasteiger partial charge in [0.25, 0.3) is 8.32 Å². The highest BCUT2D eigenvalue weighted by molar-refractivity contribution is 6.99. The lowest BCUT2D eigenvalue weighted by Gasteiger charge is -2.43. The average Bonchev–Trinajstić information content (AvgIpc) is 3.15. The van der Waals surface area contributed by atoms with Crippen LogP contribution >= 0.6 is 0 Å². The molecule has 0 saturated carbocycles. The Bertz CT molecular complexity index is 1090. The van der Waals surface area contributed by atoms with Gasteiger partial charge >= 0.3 is 6.09 Å². The molecule has 6 heteroatoms. The van der Waals surface area contributed by atoms with Gasteiger partial charge in [0.05, 0.1) is 13.2 Å². The van der Waals surface area contributed by atoms with E-state index in [1.165, 1.54) is 10.4 Å². The fourth-order valence-corrected chi connectivity index (χ4v) is 9.77. The number of amides is 1. The Morgan fingerprint density at radius 1 is 0.889 bits per heavy atom. The number of hydrogen-bond donors (Lipinski definition) is 0. The minimum atomic E-state index is -2.61. The molecule has 0 spiro atoms. The fraction of sp³-hybridized carbons (Fsp3) is 0.367. The van der Waals surface area contributed by atoms with E-state index >= 15 is 0 Å². The molecule has 1 heterocycles. The second-order valence-corrected chi connectivity index (χ2v) is 14.7. The topological polar surface area (TPSA) is 48.0 Å². The van der Waals surface area contributed by atoms with Crippen LogP contribution in [-0.4, -0.2) is 45.2 Å². The van der Waals surface area contributed by atoms with Crippen molar-refractivity contribution in [3.63, 3.8) is 0 Å². The summed E-state index contributed by atoms with van der Waals surface area (Å²) in [5.74, 6) is 0.800. The molecule has 190 valence electrons. The van der Waals surface area contributed by atoms with Crippen molar-refractivity contribution in [1.82, 2.24) is 4.90 Å². The Morgan fingerprint density at radius 3 is 1.94 bits per heavy atom. The van der Waals surface area contributed by atoms with Gasteiger partial charge in [-0.15, -0.1) is 0 Å². The number of nitrogens with zero attached hydrogens (tertiary/aromatic N) is 1. The van der Waals surface area contributed by atoms with Gasteiger partial charge in [0.2, 0.25) is 0 Å². The van der Waals surface area contributed by atoms with Crippen LogP contribution in [0.1, 0.15) is 39.7 Å². The number of benzene rings is 3. The van der Waals surface area contributed by atoms with E-state index in [0.717, 1.165) is 11.3 Å². The van der Waals surface area contributed by atoms with Crippen LogP contribution in [0.3, 0.4) is 0 Å². The fourth-order valence-electron chi connectivity index (χ4n) is 5.19. The zero-order chi connectivity index (χ0) is 25.8. The lowest BCUT2D eigenvalue weighted by Crippen LogP contribution is -2.66. The van der Waals surface area contributed by atoms with Crippen LogP contribution < -0.4 is 15.1 Å². The van der Waals surface area contributed by atoms with E-state index in [9.17, 15) is 4.79 Å². The Morgan fingerprint density at radius 2 is 1.44 bits per heavy atom. The van der Waals surface area contributed by atoms with Crippen molar-refractivity contribution in [1.29, 1.82) is 0 Å². The summed E-state index contributed by atoms with van der Waals surface area (Å²) in [6.45, 7) is 9.90. The smallest absolute Gasteiger partial charge is 0.410 e. The van der Waals surface area contributed by atoms with Crippen molar-refractivity contribution in [2.45, 2.75) is 57.8 Å². The SMILES string of the molecule is COc1ccc(CN2C(=O)OC(CCO[Si](c3ccccc3)(c3ccccc3)C(C)(C)C)C2C)cc1. The van der Waals surface area contributed by atoms with E-state index in [1.54, 1.807) is 12.0 Å². The summed E-state index contributed by atoms with van der Waals surface area (Å²) < 4.78 is 18.1. The first-order chi connectivity index (χ1) is 17.3. The molecule has 1 saturated heterocycles. The molecule has 0 aromatic heterocycles. The molecule has 2 unspecified atom stereocenters. The maximum Gasteiger partial charge on any atom is 0.410 e.